The highest BCUT2D eigenvalue weighted by Crippen LogP contribution is 2.48. The van der Waals surface area contributed by atoms with Gasteiger partial charge >= 0.3 is 0 Å². The number of carbonyl (C=O) groups is 1. The number of carbonyl (C=O) groups excluding carboxylic acids is 1. The molecular formula is C16H26N4O3. The lowest BCUT2D eigenvalue weighted by Gasteiger charge is -2.22. The molecule has 7 heteroatoms. The number of aryl methyl sites for hydroxylation is 1. The number of nitrogens with zero attached hydrogens (tertiary/aromatic N) is 3. The smallest absolute Gasteiger partial charge is 0.263 e. The molecule has 0 unspecified atom stereocenters. The molecule has 2 heterocycles. The SMILES string of the molecule is CCC[C@@H]1CN(C(=O)C2(COC)CC2)C[C@H]1Nc1noc(C)n1. The molecule has 1 saturated carbocycles. The van der Waals surface area contributed by atoms with Gasteiger partial charge in [-0.25, -0.2) is 0 Å². The van der Waals surface area contributed by atoms with E-state index in [1.807, 2.05) is 4.90 Å². The summed E-state index contributed by atoms with van der Waals surface area (Å²) in [5, 5.41) is 7.26. The third-order valence-corrected chi connectivity index (χ3v) is 4.96. The molecule has 2 atom stereocenters. The molecule has 1 saturated heterocycles. The Morgan fingerprint density at radius 1 is 1.48 bits per heavy atom. The number of methoxy groups -OCH3 is 1. The van der Waals surface area contributed by atoms with Crippen molar-refractivity contribution >= 4 is 11.9 Å². The molecule has 23 heavy (non-hydrogen) atoms. The highest BCUT2D eigenvalue weighted by atomic mass is 16.5. The molecule has 0 bridgehead atoms. The Morgan fingerprint density at radius 3 is 2.83 bits per heavy atom. The Morgan fingerprint density at radius 2 is 2.26 bits per heavy atom. The van der Waals surface area contributed by atoms with Gasteiger partial charge < -0.3 is 19.5 Å². The summed E-state index contributed by atoms with van der Waals surface area (Å²) in [6.45, 7) is 5.97. The number of hydrogen-bond acceptors (Lipinski definition) is 6. The van der Waals surface area contributed by atoms with E-state index in [0.29, 0.717) is 30.9 Å². The molecule has 7 nitrogen and oxygen atoms in total. The van der Waals surface area contributed by atoms with Crippen LogP contribution in [-0.4, -0.2) is 53.8 Å². The fourth-order valence-electron chi connectivity index (χ4n) is 3.57. The van der Waals surface area contributed by atoms with Gasteiger partial charge in [0.25, 0.3) is 5.95 Å². The Bertz CT molecular complexity index is 555. The highest BCUT2D eigenvalue weighted by Gasteiger charge is 2.53. The summed E-state index contributed by atoms with van der Waals surface area (Å²) in [5.41, 5.74) is -0.261. The fourth-order valence-corrected chi connectivity index (χ4v) is 3.57. The van der Waals surface area contributed by atoms with E-state index in [4.69, 9.17) is 9.26 Å². The Balaban J connectivity index is 1.67. The van der Waals surface area contributed by atoms with Gasteiger partial charge in [-0.1, -0.05) is 13.3 Å². The van der Waals surface area contributed by atoms with E-state index in [2.05, 4.69) is 22.4 Å². The van der Waals surface area contributed by atoms with Crippen molar-refractivity contribution in [3.63, 3.8) is 0 Å². The summed E-state index contributed by atoms with van der Waals surface area (Å²) in [6.07, 6.45) is 4.06. The molecule has 2 aliphatic rings. The van der Waals surface area contributed by atoms with E-state index in [1.165, 1.54) is 0 Å². The van der Waals surface area contributed by atoms with Crippen LogP contribution < -0.4 is 5.32 Å². The number of anilines is 1. The molecular weight excluding hydrogens is 296 g/mol. The third-order valence-electron chi connectivity index (χ3n) is 4.96. The van der Waals surface area contributed by atoms with E-state index in [9.17, 15) is 4.79 Å². The summed E-state index contributed by atoms with van der Waals surface area (Å²) in [5.74, 6) is 1.72. The van der Waals surface area contributed by atoms with Gasteiger partial charge in [-0.3, -0.25) is 4.79 Å². The van der Waals surface area contributed by atoms with Crippen LogP contribution in [0.2, 0.25) is 0 Å². The molecule has 128 valence electrons. The summed E-state index contributed by atoms with van der Waals surface area (Å²) < 4.78 is 10.3. The number of ether oxygens (including phenoxy) is 1. The molecule has 0 aromatic carbocycles. The molecule has 1 aliphatic carbocycles. The van der Waals surface area contributed by atoms with Crippen molar-refractivity contribution in [2.24, 2.45) is 11.3 Å². The number of nitrogens with one attached hydrogen (secondary N) is 1. The van der Waals surface area contributed by atoms with Gasteiger partial charge in [0.15, 0.2) is 0 Å². The lowest BCUT2D eigenvalue weighted by Crippen LogP contribution is -2.39. The number of amides is 1. The molecule has 1 amide bonds. The van der Waals surface area contributed by atoms with Gasteiger partial charge in [0, 0.05) is 27.1 Å². The van der Waals surface area contributed by atoms with E-state index in [-0.39, 0.29) is 17.4 Å². The molecule has 1 aromatic heterocycles. The van der Waals surface area contributed by atoms with Crippen molar-refractivity contribution in [1.82, 2.24) is 15.0 Å². The zero-order valence-corrected chi connectivity index (χ0v) is 14.2. The quantitative estimate of drug-likeness (QED) is 0.825. The van der Waals surface area contributed by atoms with Gasteiger partial charge in [-0.15, -0.1) is 0 Å². The Labute approximate surface area is 136 Å². The minimum atomic E-state index is -0.261. The molecule has 1 N–H and O–H groups in total. The Kier molecular flexibility index (Phi) is 4.57. The lowest BCUT2D eigenvalue weighted by atomic mass is 9.98. The van der Waals surface area contributed by atoms with Gasteiger partial charge in [0.05, 0.1) is 18.1 Å². The zero-order chi connectivity index (χ0) is 16.4. The van der Waals surface area contributed by atoms with Gasteiger partial charge in [-0.2, -0.15) is 4.98 Å². The maximum absolute atomic E-state index is 12.8. The van der Waals surface area contributed by atoms with Crippen LogP contribution in [0.25, 0.3) is 0 Å². The van der Waals surface area contributed by atoms with E-state index in [1.54, 1.807) is 14.0 Å². The van der Waals surface area contributed by atoms with Crippen molar-refractivity contribution in [2.45, 2.75) is 45.6 Å². The predicted octanol–water partition coefficient (Wildman–Crippen LogP) is 1.84. The summed E-state index contributed by atoms with van der Waals surface area (Å²) in [4.78, 5) is 19.1. The summed E-state index contributed by atoms with van der Waals surface area (Å²) in [6, 6.07) is 0.175. The first-order chi connectivity index (χ1) is 11.1. The van der Waals surface area contributed by atoms with Gasteiger partial charge in [0.2, 0.25) is 11.8 Å². The maximum Gasteiger partial charge on any atom is 0.263 e. The molecule has 0 radical (unpaired) electrons. The average Bonchev–Trinajstić information content (AvgIpc) is 3.03. The van der Waals surface area contributed by atoms with Crippen LogP contribution in [0.1, 0.15) is 38.5 Å². The topological polar surface area (TPSA) is 80.5 Å². The normalized spacial score (nSPS) is 25.6. The van der Waals surface area contributed by atoms with Gasteiger partial charge in [0.1, 0.15) is 0 Å². The third kappa shape index (κ3) is 3.34. The maximum atomic E-state index is 12.8. The largest absolute Gasteiger partial charge is 0.384 e. The summed E-state index contributed by atoms with van der Waals surface area (Å²) >= 11 is 0. The minimum absolute atomic E-state index is 0.175. The number of aromatic nitrogens is 2. The van der Waals surface area contributed by atoms with Crippen molar-refractivity contribution in [2.75, 3.05) is 32.1 Å². The number of hydrogen-bond donors (Lipinski definition) is 1. The van der Waals surface area contributed by atoms with Crippen molar-refractivity contribution < 1.29 is 14.1 Å². The van der Waals surface area contributed by atoms with Crippen molar-refractivity contribution in [1.29, 1.82) is 0 Å². The number of rotatable bonds is 7. The lowest BCUT2D eigenvalue weighted by molar-refractivity contribution is -0.138. The minimum Gasteiger partial charge on any atom is -0.384 e. The first kappa shape index (κ1) is 16.2. The second-order valence-corrected chi connectivity index (χ2v) is 6.86. The highest BCUT2D eigenvalue weighted by molar-refractivity contribution is 5.86. The summed E-state index contributed by atoms with van der Waals surface area (Å²) in [7, 11) is 1.67. The van der Waals surface area contributed by atoms with Crippen molar-refractivity contribution in [3.05, 3.63) is 5.89 Å². The predicted molar refractivity (Wildman–Crippen MR) is 85.0 cm³/mol. The van der Waals surface area contributed by atoms with Crippen LogP contribution in [-0.2, 0) is 9.53 Å². The van der Waals surface area contributed by atoms with E-state index in [0.717, 1.165) is 32.2 Å². The first-order valence-electron chi connectivity index (χ1n) is 8.43. The van der Waals surface area contributed by atoms with E-state index < -0.39 is 0 Å². The standard InChI is InChI=1S/C16H26N4O3/c1-4-5-12-8-20(14(21)16(6-7-16)10-22-3)9-13(12)18-15-17-11(2)23-19-15/h12-13H,4-10H2,1-3H3,(H,18,19)/t12-,13-/m1/s1. The van der Waals surface area contributed by atoms with Crippen molar-refractivity contribution in [3.8, 4) is 0 Å². The molecule has 3 rings (SSSR count). The second kappa shape index (κ2) is 6.47. The van der Waals surface area contributed by atoms with Crippen LogP contribution in [0.15, 0.2) is 4.52 Å². The first-order valence-corrected chi connectivity index (χ1v) is 8.43. The molecule has 1 aromatic rings. The molecule has 0 spiro atoms. The molecule has 2 fully saturated rings. The monoisotopic (exact) mass is 322 g/mol. The fraction of sp³-hybridized carbons (Fsp3) is 0.812. The van der Waals surface area contributed by atoms with Crippen LogP contribution in [0.4, 0.5) is 5.95 Å². The van der Waals surface area contributed by atoms with Gasteiger partial charge in [-0.05, 0) is 30.3 Å². The van der Waals surface area contributed by atoms with Crippen LogP contribution in [0, 0.1) is 18.3 Å². The second-order valence-electron chi connectivity index (χ2n) is 6.86. The molecule has 1 aliphatic heterocycles. The van der Waals surface area contributed by atoms with E-state index >= 15 is 0 Å². The Hall–Kier alpha value is -1.63. The van der Waals surface area contributed by atoms with Crippen LogP contribution in [0.5, 0.6) is 0 Å². The zero-order valence-electron chi connectivity index (χ0n) is 14.2. The van der Waals surface area contributed by atoms with Crippen LogP contribution >= 0.6 is 0 Å². The average molecular weight is 322 g/mol. The van der Waals surface area contributed by atoms with Crippen LogP contribution in [0.3, 0.4) is 0 Å². The number of likely N-dealkylation sites (tertiary alicyclic amines) is 1.